The maximum atomic E-state index is 5.73. The predicted molar refractivity (Wildman–Crippen MR) is 72.9 cm³/mol. The average Bonchev–Trinajstić information content (AvgIpc) is 2.46. The zero-order valence-electron chi connectivity index (χ0n) is 10.6. The minimum Gasteiger partial charge on any atom is -0.496 e. The van der Waals surface area contributed by atoms with Gasteiger partial charge in [0, 0.05) is 17.7 Å². The van der Waals surface area contributed by atoms with Gasteiger partial charge >= 0.3 is 0 Å². The Hall–Kier alpha value is -2.00. The lowest BCUT2D eigenvalue weighted by atomic mass is 10.0. The van der Waals surface area contributed by atoms with Crippen molar-refractivity contribution in [3.8, 4) is 22.6 Å². The van der Waals surface area contributed by atoms with Crippen molar-refractivity contribution in [1.29, 1.82) is 0 Å². The molecule has 0 amide bonds. The first-order chi connectivity index (χ1) is 8.80. The molecule has 94 valence electrons. The molecule has 2 rings (SSSR count). The molecule has 0 saturated carbocycles. The first-order valence-electron chi connectivity index (χ1n) is 5.80. The van der Waals surface area contributed by atoms with Crippen LogP contribution in [0.1, 0.15) is 5.56 Å². The van der Waals surface area contributed by atoms with Crippen LogP contribution in [-0.4, -0.2) is 14.2 Å². The molecule has 2 N–H and O–H groups in total. The molecule has 0 aliphatic rings. The fourth-order valence-electron chi connectivity index (χ4n) is 1.99. The van der Waals surface area contributed by atoms with Crippen LogP contribution in [0.5, 0.6) is 11.5 Å². The summed E-state index contributed by atoms with van der Waals surface area (Å²) in [6.07, 6.45) is 0. The Bertz CT molecular complexity index is 538. The summed E-state index contributed by atoms with van der Waals surface area (Å²) >= 11 is 0. The minimum atomic E-state index is 0.451. The number of para-hydroxylation sites is 1. The van der Waals surface area contributed by atoms with Gasteiger partial charge in [-0.05, 0) is 23.8 Å². The lowest BCUT2D eigenvalue weighted by molar-refractivity contribution is 0.409. The summed E-state index contributed by atoms with van der Waals surface area (Å²) in [6, 6.07) is 13.9. The summed E-state index contributed by atoms with van der Waals surface area (Å²) in [5, 5.41) is 0. The van der Waals surface area contributed by atoms with Gasteiger partial charge in [0.05, 0.1) is 14.2 Å². The van der Waals surface area contributed by atoms with Gasteiger partial charge in [0.1, 0.15) is 11.5 Å². The summed E-state index contributed by atoms with van der Waals surface area (Å²) < 4.78 is 10.6. The number of rotatable bonds is 4. The van der Waals surface area contributed by atoms with Gasteiger partial charge in [-0.2, -0.15) is 0 Å². The molecule has 0 saturated heterocycles. The monoisotopic (exact) mass is 243 g/mol. The van der Waals surface area contributed by atoms with Crippen molar-refractivity contribution >= 4 is 0 Å². The van der Waals surface area contributed by atoms with E-state index < -0.39 is 0 Å². The Morgan fingerprint density at radius 1 is 0.944 bits per heavy atom. The van der Waals surface area contributed by atoms with Crippen LogP contribution in [0.3, 0.4) is 0 Å². The Morgan fingerprint density at radius 3 is 2.33 bits per heavy atom. The molecule has 0 unspecified atom stereocenters. The van der Waals surface area contributed by atoms with Crippen molar-refractivity contribution in [2.24, 2.45) is 5.73 Å². The maximum absolute atomic E-state index is 5.73. The number of hydrogen-bond donors (Lipinski definition) is 1. The van der Waals surface area contributed by atoms with Crippen LogP contribution in [0.15, 0.2) is 42.5 Å². The Morgan fingerprint density at radius 2 is 1.67 bits per heavy atom. The smallest absolute Gasteiger partial charge is 0.126 e. The van der Waals surface area contributed by atoms with Gasteiger partial charge in [-0.15, -0.1) is 0 Å². The number of nitrogens with two attached hydrogens (primary N) is 1. The van der Waals surface area contributed by atoms with E-state index >= 15 is 0 Å². The largest absolute Gasteiger partial charge is 0.496 e. The van der Waals surface area contributed by atoms with Crippen LogP contribution in [0.4, 0.5) is 0 Å². The zero-order chi connectivity index (χ0) is 13.0. The third kappa shape index (κ3) is 2.31. The van der Waals surface area contributed by atoms with Crippen molar-refractivity contribution in [2.45, 2.75) is 6.54 Å². The van der Waals surface area contributed by atoms with Crippen LogP contribution >= 0.6 is 0 Å². The molecule has 0 spiro atoms. The van der Waals surface area contributed by atoms with Crippen molar-refractivity contribution in [3.63, 3.8) is 0 Å². The van der Waals surface area contributed by atoms with E-state index in [1.807, 2.05) is 42.5 Å². The summed E-state index contributed by atoms with van der Waals surface area (Å²) in [4.78, 5) is 0. The van der Waals surface area contributed by atoms with Crippen molar-refractivity contribution < 1.29 is 9.47 Å². The Labute approximate surface area is 107 Å². The fraction of sp³-hybridized carbons (Fsp3) is 0.200. The lowest BCUT2D eigenvalue weighted by Crippen LogP contribution is -2.00. The van der Waals surface area contributed by atoms with E-state index in [4.69, 9.17) is 15.2 Å². The van der Waals surface area contributed by atoms with E-state index in [1.165, 1.54) is 0 Å². The molecule has 0 heterocycles. The van der Waals surface area contributed by atoms with E-state index in [2.05, 4.69) is 0 Å². The molecule has 18 heavy (non-hydrogen) atoms. The Balaban J connectivity index is 2.51. The number of hydrogen-bond acceptors (Lipinski definition) is 3. The van der Waals surface area contributed by atoms with Crippen LogP contribution in [0, 0.1) is 0 Å². The summed E-state index contributed by atoms with van der Waals surface area (Å²) in [7, 11) is 3.32. The predicted octanol–water partition coefficient (Wildman–Crippen LogP) is 2.83. The highest BCUT2D eigenvalue weighted by Crippen LogP contribution is 2.32. The van der Waals surface area contributed by atoms with Gasteiger partial charge in [-0.3, -0.25) is 0 Å². The van der Waals surface area contributed by atoms with Crippen LogP contribution in [0.2, 0.25) is 0 Å². The van der Waals surface area contributed by atoms with Crippen molar-refractivity contribution in [1.82, 2.24) is 0 Å². The SMILES string of the molecule is COc1ccc(-c2ccccc2OC)cc1CN. The van der Waals surface area contributed by atoms with Gasteiger partial charge in [0.15, 0.2) is 0 Å². The molecule has 0 atom stereocenters. The van der Waals surface area contributed by atoms with Crippen molar-refractivity contribution in [3.05, 3.63) is 48.0 Å². The number of methoxy groups -OCH3 is 2. The first-order valence-corrected chi connectivity index (χ1v) is 5.80. The molecular formula is C15H17NO2. The number of ether oxygens (including phenoxy) is 2. The minimum absolute atomic E-state index is 0.451. The van der Waals surface area contributed by atoms with Gasteiger partial charge in [-0.1, -0.05) is 24.3 Å². The highest BCUT2D eigenvalue weighted by atomic mass is 16.5. The molecule has 0 radical (unpaired) electrons. The normalized spacial score (nSPS) is 10.2. The zero-order valence-corrected chi connectivity index (χ0v) is 10.6. The van der Waals surface area contributed by atoms with E-state index in [0.717, 1.165) is 28.2 Å². The molecule has 3 nitrogen and oxygen atoms in total. The molecule has 3 heteroatoms. The van der Waals surface area contributed by atoms with E-state index in [-0.39, 0.29) is 0 Å². The molecule has 2 aromatic rings. The molecule has 0 fully saturated rings. The molecule has 0 bridgehead atoms. The van der Waals surface area contributed by atoms with E-state index in [1.54, 1.807) is 14.2 Å². The lowest BCUT2D eigenvalue weighted by Gasteiger charge is -2.12. The molecule has 2 aromatic carbocycles. The Kier molecular flexibility index (Phi) is 3.85. The van der Waals surface area contributed by atoms with E-state index in [9.17, 15) is 0 Å². The molecule has 0 aliphatic carbocycles. The maximum Gasteiger partial charge on any atom is 0.126 e. The number of benzene rings is 2. The molecule has 0 aromatic heterocycles. The van der Waals surface area contributed by atoms with Gasteiger partial charge in [0.25, 0.3) is 0 Å². The second-order valence-corrected chi connectivity index (χ2v) is 3.93. The summed E-state index contributed by atoms with van der Waals surface area (Å²) in [5.41, 5.74) is 8.85. The fourth-order valence-corrected chi connectivity index (χ4v) is 1.99. The molecule has 0 aliphatic heterocycles. The highest BCUT2D eigenvalue weighted by molar-refractivity contribution is 5.71. The third-order valence-corrected chi connectivity index (χ3v) is 2.92. The van der Waals surface area contributed by atoms with Crippen molar-refractivity contribution in [2.75, 3.05) is 14.2 Å². The average molecular weight is 243 g/mol. The topological polar surface area (TPSA) is 44.5 Å². The van der Waals surface area contributed by atoms with Gasteiger partial charge in [0.2, 0.25) is 0 Å². The van der Waals surface area contributed by atoms with E-state index in [0.29, 0.717) is 6.54 Å². The first kappa shape index (κ1) is 12.5. The standard InChI is InChI=1S/C15H17NO2/c1-17-14-8-7-11(9-12(14)10-16)13-5-3-4-6-15(13)18-2/h3-9H,10,16H2,1-2H3. The second kappa shape index (κ2) is 5.56. The van der Waals surface area contributed by atoms with Gasteiger partial charge < -0.3 is 15.2 Å². The second-order valence-electron chi connectivity index (χ2n) is 3.93. The third-order valence-electron chi connectivity index (χ3n) is 2.92. The summed E-state index contributed by atoms with van der Waals surface area (Å²) in [5.74, 6) is 1.67. The molecular weight excluding hydrogens is 226 g/mol. The van der Waals surface area contributed by atoms with Crippen LogP contribution < -0.4 is 15.2 Å². The highest BCUT2D eigenvalue weighted by Gasteiger charge is 2.08. The van der Waals surface area contributed by atoms with Crippen LogP contribution in [-0.2, 0) is 6.54 Å². The quantitative estimate of drug-likeness (QED) is 0.898. The van der Waals surface area contributed by atoms with Crippen LogP contribution in [0.25, 0.3) is 11.1 Å². The van der Waals surface area contributed by atoms with Gasteiger partial charge in [-0.25, -0.2) is 0 Å². The summed E-state index contributed by atoms with van der Waals surface area (Å²) in [6.45, 7) is 0.451.